The van der Waals surface area contributed by atoms with E-state index in [1.54, 1.807) is 6.07 Å². The van der Waals surface area contributed by atoms with Crippen LogP contribution in [-0.2, 0) is 0 Å². The zero-order valence-corrected chi connectivity index (χ0v) is 9.52. The number of hydrogen-bond donors (Lipinski definition) is 1. The molecular formula is C11H8F3N5. The van der Waals surface area contributed by atoms with Gasteiger partial charge in [-0.3, -0.25) is 4.40 Å². The van der Waals surface area contributed by atoms with Crippen LogP contribution in [0, 0.1) is 5.82 Å². The van der Waals surface area contributed by atoms with Crippen LogP contribution in [0.4, 0.5) is 19.0 Å². The summed E-state index contributed by atoms with van der Waals surface area (Å²) < 4.78 is 39.9. The van der Waals surface area contributed by atoms with Crippen molar-refractivity contribution in [2.75, 3.05) is 11.9 Å². The molecule has 2 aromatic heterocycles. The van der Waals surface area contributed by atoms with Gasteiger partial charge in [0.1, 0.15) is 18.0 Å². The van der Waals surface area contributed by atoms with Crippen LogP contribution in [0.15, 0.2) is 24.5 Å². The summed E-state index contributed by atoms with van der Waals surface area (Å²) in [7, 11) is 0. The van der Waals surface area contributed by atoms with Gasteiger partial charge in [-0.2, -0.15) is 4.98 Å². The number of hydrogen-bond acceptors (Lipinski definition) is 4. The van der Waals surface area contributed by atoms with Gasteiger partial charge < -0.3 is 5.32 Å². The SMILES string of the molecule is Fc1cccc2c1c(NCC(F)F)nc1nncn12. The summed E-state index contributed by atoms with van der Waals surface area (Å²) in [5.74, 6) is -0.291. The fourth-order valence-corrected chi connectivity index (χ4v) is 1.88. The number of nitrogens with one attached hydrogen (secondary N) is 1. The van der Waals surface area contributed by atoms with Crippen LogP contribution in [0.5, 0.6) is 0 Å². The van der Waals surface area contributed by atoms with Gasteiger partial charge in [-0.05, 0) is 12.1 Å². The fraction of sp³-hybridized carbons (Fsp3) is 0.182. The molecule has 8 heteroatoms. The summed E-state index contributed by atoms with van der Waals surface area (Å²) in [5.41, 5.74) is 0.465. The van der Waals surface area contributed by atoms with Gasteiger partial charge in [-0.1, -0.05) is 6.07 Å². The molecule has 2 heterocycles. The second kappa shape index (κ2) is 4.38. The van der Waals surface area contributed by atoms with Crippen LogP contribution < -0.4 is 5.32 Å². The van der Waals surface area contributed by atoms with Crippen LogP contribution >= 0.6 is 0 Å². The molecule has 0 radical (unpaired) electrons. The lowest BCUT2D eigenvalue weighted by molar-refractivity contribution is 0.163. The van der Waals surface area contributed by atoms with Gasteiger partial charge in [0.25, 0.3) is 12.2 Å². The molecule has 0 fully saturated rings. The lowest BCUT2D eigenvalue weighted by Crippen LogP contribution is -2.12. The van der Waals surface area contributed by atoms with Gasteiger partial charge in [-0.15, -0.1) is 10.2 Å². The Hall–Kier alpha value is -2.38. The van der Waals surface area contributed by atoms with Crippen LogP contribution in [0.3, 0.4) is 0 Å². The highest BCUT2D eigenvalue weighted by Gasteiger charge is 2.14. The maximum atomic E-state index is 13.9. The Morgan fingerprint density at radius 3 is 2.95 bits per heavy atom. The van der Waals surface area contributed by atoms with E-state index in [2.05, 4.69) is 20.5 Å². The molecule has 0 bridgehead atoms. The smallest absolute Gasteiger partial charge is 0.257 e. The number of nitrogens with zero attached hydrogens (tertiary/aromatic N) is 4. The highest BCUT2D eigenvalue weighted by atomic mass is 19.3. The zero-order chi connectivity index (χ0) is 13.4. The Bertz CT molecular complexity index is 740. The molecular weight excluding hydrogens is 259 g/mol. The lowest BCUT2D eigenvalue weighted by atomic mass is 10.2. The van der Waals surface area contributed by atoms with Crippen molar-refractivity contribution in [2.45, 2.75) is 6.43 Å². The number of benzene rings is 1. The normalized spacial score (nSPS) is 11.6. The molecule has 0 saturated heterocycles. The van der Waals surface area contributed by atoms with E-state index in [1.807, 2.05) is 0 Å². The quantitative estimate of drug-likeness (QED) is 0.789. The number of halogens is 3. The molecule has 0 saturated carbocycles. The van der Waals surface area contributed by atoms with E-state index in [0.29, 0.717) is 5.52 Å². The maximum Gasteiger partial charge on any atom is 0.257 e. The molecule has 0 aliphatic heterocycles. The van der Waals surface area contributed by atoms with E-state index in [-0.39, 0.29) is 17.0 Å². The van der Waals surface area contributed by atoms with E-state index in [9.17, 15) is 13.2 Å². The minimum atomic E-state index is -2.56. The van der Waals surface area contributed by atoms with E-state index in [1.165, 1.54) is 22.9 Å². The van der Waals surface area contributed by atoms with Gasteiger partial charge in [0, 0.05) is 0 Å². The Labute approximate surface area is 105 Å². The summed E-state index contributed by atoms with van der Waals surface area (Å²) in [6.45, 7) is -0.610. The minimum absolute atomic E-state index is 0.0360. The number of anilines is 1. The third kappa shape index (κ3) is 1.94. The number of alkyl halides is 2. The zero-order valence-electron chi connectivity index (χ0n) is 9.52. The maximum absolute atomic E-state index is 13.9. The molecule has 0 amide bonds. The highest BCUT2D eigenvalue weighted by Crippen LogP contribution is 2.25. The van der Waals surface area contributed by atoms with Crippen LogP contribution in [0.1, 0.15) is 0 Å². The van der Waals surface area contributed by atoms with E-state index in [4.69, 9.17) is 0 Å². The molecule has 3 aromatic rings. The van der Waals surface area contributed by atoms with Crippen molar-refractivity contribution in [3.63, 3.8) is 0 Å². The molecule has 0 spiro atoms. The van der Waals surface area contributed by atoms with E-state index >= 15 is 0 Å². The first kappa shape index (κ1) is 11.7. The number of rotatable bonds is 3. The second-order valence-corrected chi connectivity index (χ2v) is 3.87. The van der Waals surface area contributed by atoms with Crippen LogP contribution in [0.2, 0.25) is 0 Å². The van der Waals surface area contributed by atoms with E-state index in [0.717, 1.165) is 0 Å². The Kier molecular flexibility index (Phi) is 2.69. The third-order valence-corrected chi connectivity index (χ3v) is 2.65. The van der Waals surface area contributed by atoms with Gasteiger partial charge in [-0.25, -0.2) is 13.2 Å². The summed E-state index contributed by atoms with van der Waals surface area (Å²) in [6, 6.07) is 4.41. The number of aromatic nitrogens is 4. The molecule has 19 heavy (non-hydrogen) atoms. The molecule has 3 rings (SSSR count). The average molecular weight is 267 g/mol. The molecule has 98 valence electrons. The largest absolute Gasteiger partial charge is 0.364 e. The third-order valence-electron chi connectivity index (χ3n) is 2.65. The minimum Gasteiger partial charge on any atom is -0.364 e. The molecule has 0 unspecified atom stereocenters. The summed E-state index contributed by atoms with van der Waals surface area (Å²) in [4.78, 5) is 4.00. The van der Waals surface area contributed by atoms with Crippen molar-refractivity contribution in [1.82, 2.24) is 19.6 Å². The van der Waals surface area contributed by atoms with Crippen LogP contribution in [-0.4, -0.2) is 32.6 Å². The predicted octanol–water partition coefficient (Wildman–Crippen LogP) is 2.09. The Morgan fingerprint density at radius 2 is 2.16 bits per heavy atom. The first-order chi connectivity index (χ1) is 9.16. The molecule has 0 aliphatic carbocycles. The van der Waals surface area contributed by atoms with Gasteiger partial charge in [0.15, 0.2) is 0 Å². The summed E-state index contributed by atoms with van der Waals surface area (Å²) in [6.07, 6.45) is -1.17. The second-order valence-electron chi connectivity index (χ2n) is 3.87. The van der Waals surface area contributed by atoms with E-state index < -0.39 is 18.8 Å². The molecule has 5 nitrogen and oxygen atoms in total. The Morgan fingerprint density at radius 1 is 1.32 bits per heavy atom. The standard InChI is InChI=1S/C11H8F3N5/c12-6-2-1-3-7-9(6)10(15-4-8(13)14)17-11-18-16-5-19(7)11/h1-3,5,8H,4H2,(H,15,17,18). The van der Waals surface area contributed by atoms with Crippen molar-refractivity contribution < 1.29 is 13.2 Å². The topological polar surface area (TPSA) is 55.1 Å². The molecule has 1 aromatic carbocycles. The predicted molar refractivity (Wildman–Crippen MR) is 62.7 cm³/mol. The first-order valence-corrected chi connectivity index (χ1v) is 5.47. The van der Waals surface area contributed by atoms with Crippen molar-refractivity contribution in [3.8, 4) is 0 Å². The monoisotopic (exact) mass is 267 g/mol. The van der Waals surface area contributed by atoms with Crippen molar-refractivity contribution >= 4 is 22.5 Å². The van der Waals surface area contributed by atoms with Crippen molar-refractivity contribution in [2.24, 2.45) is 0 Å². The molecule has 0 aliphatic rings. The fourth-order valence-electron chi connectivity index (χ4n) is 1.88. The van der Waals surface area contributed by atoms with Crippen molar-refractivity contribution in [1.29, 1.82) is 0 Å². The molecule has 1 N–H and O–H groups in total. The lowest BCUT2D eigenvalue weighted by Gasteiger charge is -2.10. The molecule has 0 atom stereocenters. The summed E-state index contributed by atoms with van der Waals surface area (Å²) in [5, 5.41) is 9.97. The van der Waals surface area contributed by atoms with Gasteiger partial charge in [0.05, 0.1) is 17.4 Å². The Balaban J connectivity index is 2.27. The first-order valence-electron chi connectivity index (χ1n) is 5.47. The van der Waals surface area contributed by atoms with Gasteiger partial charge in [0.2, 0.25) is 0 Å². The summed E-state index contributed by atoms with van der Waals surface area (Å²) >= 11 is 0. The van der Waals surface area contributed by atoms with Crippen molar-refractivity contribution in [3.05, 3.63) is 30.3 Å². The number of fused-ring (bicyclic) bond motifs is 3. The van der Waals surface area contributed by atoms with Gasteiger partial charge >= 0.3 is 0 Å². The highest BCUT2D eigenvalue weighted by molar-refractivity contribution is 5.91. The average Bonchev–Trinajstić information content (AvgIpc) is 2.84. The van der Waals surface area contributed by atoms with Crippen LogP contribution in [0.25, 0.3) is 16.7 Å².